The van der Waals surface area contributed by atoms with E-state index in [1.54, 1.807) is 0 Å². The van der Waals surface area contributed by atoms with E-state index < -0.39 is 0 Å². The molecule has 3 atom stereocenters. The first-order chi connectivity index (χ1) is 8.20. The zero-order chi connectivity index (χ0) is 12.3. The molecule has 18 heavy (non-hydrogen) atoms. The summed E-state index contributed by atoms with van der Waals surface area (Å²) in [7, 11) is 0. The summed E-state index contributed by atoms with van der Waals surface area (Å²) in [6, 6.07) is 0.227. The number of carbonyl (C=O) groups excluding carboxylic acids is 1. The summed E-state index contributed by atoms with van der Waals surface area (Å²) in [6.07, 6.45) is 5.30. The molecule has 2 N–H and O–H groups in total. The highest BCUT2D eigenvalue weighted by Gasteiger charge is 2.31. The van der Waals surface area contributed by atoms with Gasteiger partial charge < -0.3 is 15.4 Å². The molecule has 2 aliphatic rings. The van der Waals surface area contributed by atoms with Gasteiger partial charge in [0.15, 0.2) is 0 Å². The van der Waals surface area contributed by atoms with Gasteiger partial charge in [0.05, 0.1) is 6.10 Å². The van der Waals surface area contributed by atoms with Crippen LogP contribution in [0.3, 0.4) is 0 Å². The van der Waals surface area contributed by atoms with Crippen molar-refractivity contribution in [3.05, 3.63) is 0 Å². The van der Waals surface area contributed by atoms with Gasteiger partial charge in [0.25, 0.3) is 0 Å². The molecule has 0 aromatic rings. The van der Waals surface area contributed by atoms with Gasteiger partial charge in [-0.2, -0.15) is 0 Å². The van der Waals surface area contributed by atoms with Crippen LogP contribution >= 0.6 is 12.4 Å². The molecule has 0 bridgehead atoms. The highest BCUT2D eigenvalue weighted by molar-refractivity contribution is 5.85. The third-order valence-electron chi connectivity index (χ3n) is 3.96. The Morgan fingerprint density at radius 2 is 2.17 bits per heavy atom. The zero-order valence-electron chi connectivity index (χ0n) is 11.1. The largest absolute Gasteiger partial charge is 0.376 e. The number of rotatable bonds is 4. The first-order valence-electron chi connectivity index (χ1n) is 6.86. The van der Waals surface area contributed by atoms with Gasteiger partial charge in [0.1, 0.15) is 0 Å². The van der Waals surface area contributed by atoms with Crippen LogP contribution in [0.15, 0.2) is 0 Å². The predicted molar refractivity (Wildman–Crippen MR) is 73.8 cm³/mol. The lowest BCUT2D eigenvalue weighted by Crippen LogP contribution is -2.40. The van der Waals surface area contributed by atoms with Gasteiger partial charge in [-0.15, -0.1) is 12.4 Å². The Balaban J connectivity index is 0.00000162. The minimum Gasteiger partial charge on any atom is -0.376 e. The molecular formula is C13H25ClN2O2. The Kier molecular flexibility index (Phi) is 6.39. The van der Waals surface area contributed by atoms with Crippen LogP contribution in [-0.4, -0.2) is 42.6 Å². The van der Waals surface area contributed by atoms with E-state index in [9.17, 15) is 4.79 Å². The topological polar surface area (TPSA) is 55.6 Å². The van der Waals surface area contributed by atoms with Crippen molar-refractivity contribution in [1.29, 1.82) is 0 Å². The van der Waals surface area contributed by atoms with Crippen molar-refractivity contribution in [2.24, 2.45) is 11.7 Å². The number of carbonyl (C=O) groups is 1. The lowest BCUT2D eigenvalue weighted by atomic mass is 10.1. The normalized spacial score (nSPS) is 31.1. The summed E-state index contributed by atoms with van der Waals surface area (Å²) in [5, 5.41) is 0. The van der Waals surface area contributed by atoms with Crippen LogP contribution in [0.2, 0.25) is 0 Å². The van der Waals surface area contributed by atoms with E-state index in [1.807, 2.05) is 11.8 Å². The lowest BCUT2D eigenvalue weighted by Gasteiger charge is -2.26. The van der Waals surface area contributed by atoms with Crippen LogP contribution in [0, 0.1) is 5.92 Å². The van der Waals surface area contributed by atoms with Gasteiger partial charge in [0, 0.05) is 31.7 Å². The van der Waals surface area contributed by atoms with Crippen LogP contribution in [0.1, 0.15) is 39.0 Å². The number of likely N-dealkylation sites (N-methyl/N-ethyl adjacent to an activating group) is 1. The van der Waals surface area contributed by atoms with Crippen molar-refractivity contribution in [2.45, 2.75) is 51.2 Å². The maximum atomic E-state index is 12.3. The van der Waals surface area contributed by atoms with Crippen LogP contribution in [0.4, 0.5) is 0 Å². The molecule has 2 rings (SSSR count). The molecule has 0 radical (unpaired) electrons. The minimum atomic E-state index is 0. The number of nitrogens with two attached hydrogens (primary N) is 1. The maximum absolute atomic E-state index is 12.3. The summed E-state index contributed by atoms with van der Waals surface area (Å²) in [4.78, 5) is 14.3. The number of hydrogen-bond acceptors (Lipinski definition) is 3. The zero-order valence-corrected chi connectivity index (χ0v) is 12.0. The summed E-state index contributed by atoms with van der Waals surface area (Å²) in [5.74, 6) is 0.447. The van der Waals surface area contributed by atoms with Crippen molar-refractivity contribution in [3.63, 3.8) is 0 Å². The Hall–Kier alpha value is -0.320. The molecule has 0 aromatic heterocycles. The average Bonchev–Trinajstić information content (AvgIpc) is 2.96. The highest BCUT2D eigenvalue weighted by atomic mass is 35.5. The number of ether oxygens (including phenoxy) is 1. The van der Waals surface area contributed by atoms with Gasteiger partial charge in [-0.1, -0.05) is 0 Å². The van der Waals surface area contributed by atoms with Crippen molar-refractivity contribution >= 4 is 18.3 Å². The first kappa shape index (κ1) is 15.7. The number of halogens is 1. The van der Waals surface area contributed by atoms with Crippen LogP contribution < -0.4 is 5.73 Å². The van der Waals surface area contributed by atoms with Crippen molar-refractivity contribution in [1.82, 2.24) is 4.90 Å². The standard InChI is InChI=1S/C13H24N2O2.ClH/c1-2-15(9-12-4-3-7-17-12)13(16)10-5-6-11(14)8-10;/h10-12H,2-9,14H2,1H3;1H. The third-order valence-corrected chi connectivity index (χ3v) is 3.96. The quantitative estimate of drug-likeness (QED) is 0.848. The highest BCUT2D eigenvalue weighted by Crippen LogP contribution is 2.26. The molecule has 0 spiro atoms. The predicted octanol–water partition coefficient (Wildman–Crippen LogP) is 1.56. The molecule has 2 fully saturated rings. The SMILES string of the molecule is CCN(CC1CCCO1)C(=O)C1CCC(N)C1.Cl. The molecule has 1 saturated carbocycles. The van der Waals surface area contributed by atoms with Gasteiger partial charge in [-0.25, -0.2) is 0 Å². The summed E-state index contributed by atoms with van der Waals surface area (Å²) >= 11 is 0. The van der Waals surface area contributed by atoms with E-state index in [0.717, 1.165) is 51.8 Å². The second-order valence-electron chi connectivity index (χ2n) is 5.28. The van der Waals surface area contributed by atoms with E-state index >= 15 is 0 Å². The second kappa shape index (κ2) is 7.31. The molecule has 5 heteroatoms. The maximum Gasteiger partial charge on any atom is 0.225 e. The van der Waals surface area contributed by atoms with Crippen LogP contribution in [-0.2, 0) is 9.53 Å². The Morgan fingerprint density at radius 3 is 2.67 bits per heavy atom. The van der Waals surface area contributed by atoms with Crippen molar-refractivity contribution in [3.8, 4) is 0 Å². The fraction of sp³-hybridized carbons (Fsp3) is 0.923. The van der Waals surface area contributed by atoms with E-state index in [1.165, 1.54) is 0 Å². The summed E-state index contributed by atoms with van der Waals surface area (Å²) in [6.45, 7) is 4.44. The van der Waals surface area contributed by atoms with Gasteiger partial charge >= 0.3 is 0 Å². The molecule has 3 unspecified atom stereocenters. The van der Waals surface area contributed by atoms with E-state index in [2.05, 4.69) is 0 Å². The van der Waals surface area contributed by atoms with Gasteiger partial charge in [-0.3, -0.25) is 4.79 Å². The minimum absolute atomic E-state index is 0. The average molecular weight is 277 g/mol. The third kappa shape index (κ3) is 3.84. The van der Waals surface area contributed by atoms with Crippen molar-refractivity contribution < 1.29 is 9.53 Å². The summed E-state index contributed by atoms with van der Waals surface area (Å²) in [5.41, 5.74) is 5.87. The fourth-order valence-electron chi connectivity index (χ4n) is 2.91. The number of amides is 1. The molecule has 1 heterocycles. The van der Waals surface area contributed by atoms with E-state index in [0.29, 0.717) is 0 Å². The molecule has 0 aromatic carbocycles. The van der Waals surface area contributed by atoms with E-state index in [-0.39, 0.29) is 36.4 Å². The first-order valence-corrected chi connectivity index (χ1v) is 6.86. The molecule has 1 aliphatic heterocycles. The smallest absolute Gasteiger partial charge is 0.225 e. The molecule has 4 nitrogen and oxygen atoms in total. The van der Waals surface area contributed by atoms with Crippen molar-refractivity contribution in [2.75, 3.05) is 19.7 Å². The fourth-order valence-corrected chi connectivity index (χ4v) is 2.91. The van der Waals surface area contributed by atoms with Gasteiger partial charge in [-0.05, 0) is 39.0 Å². The van der Waals surface area contributed by atoms with E-state index in [4.69, 9.17) is 10.5 Å². The monoisotopic (exact) mass is 276 g/mol. The Labute approximate surface area is 116 Å². The lowest BCUT2D eigenvalue weighted by molar-refractivity contribution is -0.136. The van der Waals surface area contributed by atoms with Gasteiger partial charge in [0.2, 0.25) is 5.91 Å². The molecule has 1 saturated heterocycles. The number of nitrogens with zero attached hydrogens (tertiary/aromatic N) is 1. The van der Waals surface area contributed by atoms with Crippen LogP contribution in [0.25, 0.3) is 0 Å². The Bertz CT molecular complexity index is 270. The molecule has 106 valence electrons. The Morgan fingerprint density at radius 1 is 1.39 bits per heavy atom. The number of hydrogen-bond donors (Lipinski definition) is 1. The molecule has 1 amide bonds. The molecule has 1 aliphatic carbocycles. The molecular weight excluding hydrogens is 252 g/mol. The summed E-state index contributed by atoms with van der Waals surface area (Å²) < 4.78 is 5.60. The van der Waals surface area contributed by atoms with Crippen LogP contribution in [0.5, 0.6) is 0 Å². The second-order valence-corrected chi connectivity index (χ2v) is 5.28.